The molecule has 4 heteroatoms. The number of likely N-dealkylation sites (tertiary alicyclic amines) is 1. The van der Waals surface area contributed by atoms with Gasteiger partial charge in [-0.15, -0.1) is 0 Å². The summed E-state index contributed by atoms with van der Waals surface area (Å²) < 4.78 is 0. The fourth-order valence-corrected chi connectivity index (χ4v) is 3.36. The van der Waals surface area contributed by atoms with Crippen LogP contribution in [-0.2, 0) is 17.8 Å². The van der Waals surface area contributed by atoms with E-state index in [1.807, 2.05) is 25.5 Å². The number of pyridine rings is 1. The Kier molecular flexibility index (Phi) is 5.26. The maximum absolute atomic E-state index is 11.5. The number of carbonyl (C=O) groups is 1. The van der Waals surface area contributed by atoms with E-state index in [1.54, 1.807) is 6.92 Å². The number of ketones is 1. The van der Waals surface area contributed by atoms with E-state index in [2.05, 4.69) is 33.4 Å². The van der Waals surface area contributed by atoms with Crippen LogP contribution in [0.4, 0.5) is 5.69 Å². The van der Waals surface area contributed by atoms with Crippen molar-refractivity contribution in [3.05, 3.63) is 47.8 Å². The molecule has 1 aliphatic rings. The van der Waals surface area contributed by atoms with Gasteiger partial charge in [0.25, 0.3) is 0 Å². The van der Waals surface area contributed by atoms with E-state index < -0.39 is 0 Å². The van der Waals surface area contributed by atoms with Gasteiger partial charge in [0.2, 0.25) is 0 Å². The van der Waals surface area contributed by atoms with Gasteiger partial charge in [-0.2, -0.15) is 0 Å². The average Bonchev–Trinajstić information content (AvgIpc) is 3.07. The molecule has 1 fully saturated rings. The summed E-state index contributed by atoms with van der Waals surface area (Å²) in [6, 6.07) is 8.45. The SMILES string of the molecule is CNc1ccc(-c2cncc(CN3CCCC3)c2)cc1CC(C)=O. The average molecular weight is 323 g/mol. The number of rotatable bonds is 6. The molecule has 0 aliphatic carbocycles. The topological polar surface area (TPSA) is 45.2 Å². The van der Waals surface area contributed by atoms with Crippen molar-refractivity contribution < 1.29 is 4.79 Å². The fourth-order valence-electron chi connectivity index (χ4n) is 3.36. The molecule has 1 aliphatic heterocycles. The van der Waals surface area contributed by atoms with Gasteiger partial charge in [-0.05, 0) is 67.7 Å². The summed E-state index contributed by atoms with van der Waals surface area (Å²) in [5.41, 5.74) is 5.52. The molecule has 0 radical (unpaired) electrons. The van der Waals surface area contributed by atoms with E-state index >= 15 is 0 Å². The highest BCUT2D eigenvalue weighted by atomic mass is 16.1. The lowest BCUT2D eigenvalue weighted by molar-refractivity contribution is -0.116. The van der Waals surface area contributed by atoms with Crippen LogP contribution in [0.3, 0.4) is 0 Å². The molecule has 0 atom stereocenters. The molecule has 2 heterocycles. The third kappa shape index (κ3) is 4.01. The Hall–Kier alpha value is -2.20. The molecule has 1 aromatic heterocycles. The molecule has 2 aromatic rings. The number of aromatic nitrogens is 1. The van der Waals surface area contributed by atoms with Crippen molar-refractivity contribution in [1.29, 1.82) is 0 Å². The number of Topliss-reactive ketones (excluding diaryl/α,β-unsaturated/α-hetero) is 1. The van der Waals surface area contributed by atoms with Gasteiger partial charge in [0, 0.05) is 43.7 Å². The van der Waals surface area contributed by atoms with Crippen molar-refractivity contribution in [2.45, 2.75) is 32.7 Å². The molecule has 24 heavy (non-hydrogen) atoms. The molecule has 0 amide bonds. The van der Waals surface area contributed by atoms with Crippen molar-refractivity contribution in [3.63, 3.8) is 0 Å². The Labute approximate surface area is 143 Å². The van der Waals surface area contributed by atoms with Gasteiger partial charge in [-0.1, -0.05) is 6.07 Å². The number of nitrogens with zero attached hydrogens (tertiary/aromatic N) is 2. The summed E-state index contributed by atoms with van der Waals surface area (Å²) in [7, 11) is 1.89. The molecule has 1 aromatic carbocycles. The first-order chi connectivity index (χ1) is 11.7. The molecule has 0 unspecified atom stereocenters. The fraction of sp³-hybridized carbons (Fsp3) is 0.400. The second kappa shape index (κ2) is 7.58. The van der Waals surface area contributed by atoms with Crippen LogP contribution in [0.5, 0.6) is 0 Å². The van der Waals surface area contributed by atoms with Crippen LogP contribution < -0.4 is 5.32 Å². The van der Waals surface area contributed by atoms with Crippen LogP contribution in [0.2, 0.25) is 0 Å². The summed E-state index contributed by atoms with van der Waals surface area (Å²) in [5.74, 6) is 0.171. The maximum atomic E-state index is 11.5. The van der Waals surface area contributed by atoms with Gasteiger partial charge in [0.15, 0.2) is 0 Å². The largest absolute Gasteiger partial charge is 0.388 e. The molecule has 0 bridgehead atoms. The van der Waals surface area contributed by atoms with Gasteiger partial charge in [-0.25, -0.2) is 0 Å². The minimum Gasteiger partial charge on any atom is -0.388 e. The smallest absolute Gasteiger partial charge is 0.134 e. The minimum atomic E-state index is 0.171. The zero-order valence-corrected chi connectivity index (χ0v) is 14.5. The minimum absolute atomic E-state index is 0.171. The lowest BCUT2D eigenvalue weighted by Crippen LogP contribution is -2.18. The van der Waals surface area contributed by atoms with Crippen molar-refractivity contribution in [1.82, 2.24) is 9.88 Å². The summed E-state index contributed by atoms with van der Waals surface area (Å²) in [4.78, 5) is 18.4. The Balaban J connectivity index is 1.86. The molecule has 0 spiro atoms. The second-order valence-corrected chi connectivity index (χ2v) is 6.57. The Bertz CT molecular complexity index is 721. The third-order valence-corrected chi connectivity index (χ3v) is 4.55. The molecular weight excluding hydrogens is 298 g/mol. The van der Waals surface area contributed by atoms with Crippen molar-refractivity contribution in [2.24, 2.45) is 0 Å². The lowest BCUT2D eigenvalue weighted by atomic mass is 9.99. The van der Waals surface area contributed by atoms with E-state index in [1.165, 1.54) is 31.5 Å². The van der Waals surface area contributed by atoms with Gasteiger partial charge < -0.3 is 5.32 Å². The van der Waals surface area contributed by atoms with Gasteiger partial charge >= 0.3 is 0 Å². The number of nitrogens with one attached hydrogen (secondary N) is 1. The van der Waals surface area contributed by atoms with Crippen LogP contribution in [0.25, 0.3) is 11.1 Å². The van der Waals surface area contributed by atoms with Crippen LogP contribution >= 0.6 is 0 Å². The van der Waals surface area contributed by atoms with E-state index in [4.69, 9.17) is 0 Å². The Morgan fingerprint density at radius 1 is 1.17 bits per heavy atom. The summed E-state index contributed by atoms with van der Waals surface area (Å²) in [5, 5.41) is 3.16. The highest BCUT2D eigenvalue weighted by molar-refractivity contribution is 5.81. The highest BCUT2D eigenvalue weighted by Crippen LogP contribution is 2.26. The maximum Gasteiger partial charge on any atom is 0.134 e. The number of hydrogen-bond acceptors (Lipinski definition) is 4. The first kappa shape index (κ1) is 16.7. The van der Waals surface area contributed by atoms with Crippen molar-refractivity contribution in [2.75, 3.05) is 25.5 Å². The standard InChI is InChI=1S/C20H25N3O/c1-15(24)9-18-11-17(5-6-20(18)21-2)19-10-16(12-22-13-19)14-23-7-3-4-8-23/h5-6,10-13,21H,3-4,7-9,14H2,1-2H3. The predicted molar refractivity (Wildman–Crippen MR) is 98.1 cm³/mol. The second-order valence-electron chi connectivity index (χ2n) is 6.57. The molecular formula is C20H25N3O. The lowest BCUT2D eigenvalue weighted by Gasteiger charge is -2.15. The van der Waals surface area contributed by atoms with Gasteiger partial charge in [0.1, 0.15) is 5.78 Å². The zero-order chi connectivity index (χ0) is 16.9. The first-order valence-corrected chi connectivity index (χ1v) is 8.62. The Morgan fingerprint density at radius 3 is 2.67 bits per heavy atom. The van der Waals surface area contributed by atoms with Gasteiger partial charge in [-0.3, -0.25) is 14.7 Å². The van der Waals surface area contributed by atoms with Crippen LogP contribution in [0.1, 0.15) is 30.9 Å². The van der Waals surface area contributed by atoms with Crippen LogP contribution in [0.15, 0.2) is 36.7 Å². The normalized spacial score (nSPS) is 14.8. The molecule has 4 nitrogen and oxygen atoms in total. The van der Waals surface area contributed by atoms with Crippen LogP contribution in [-0.4, -0.2) is 35.8 Å². The predicted octanol–water partition coefficient (Wildman–Crippen LogP) is 3.52. The van der Waals surface area contributed by atoms with Crippen molar-refractivity contribution in [3.8, 4) is 11.1 Å². The zero-order valence-electron chi connectivity index (χ0n) is 14.5. The number of benzene rings is 1. The molecule has 126 valence electrons. The summed E-state index contributed by atoms with van der Waals surface area (Å²) in [6.45, 7) is 4.97. The highest BCUT2D eigenvalue weighted by Gasteiger charge is 2.13. The van der Waals surface area contributed by atoms with E-state index in [-0.39, 0.29) is 5.78 Å². The monoisotopic (exact) mass is 323 g/mol. The number of anilines is 1. The summed E-state index contributed by atoms with van der Waals surface area (Å²) in [6.07, 6.45) is 6.91. The van der Waals surface area contributed by atoms with Gasteiger partial charge in [0.05, 0.1) is 0 Å². The number of carbonyl (C=O) groups excluding carboxylic acids is 1. The van der Waals surface area contributed by atoms with E-state index in [0.717, 1.165) is 28.9 Å². The number of hydrogen-bond donors (Lipinski definition) is 1. The summed E-state index contributed by atoms with van der Waals surface area (Å²) >= 11 is 0. The van der Waals surface area contributed by atoms with Crippen molar-refractivity contribution >= 4 is 11.5 Å². The molecule has 1 saturated heterocycles. The Morgan fingerprint density at radius 2 is 1.96 bits per heavy atom. The van der Waals surface area contributed by atoms with Crippen LogP contribution in [0, 0.1) is 0 Å². The molecule has 3 rings (SSSR count). The quantitative estimate of drug-likeness (QED) is 0.883. The first-order valence-electron chi connectivity index (χ1n) is 8.62. The molecule has 1 N–H and O–H groups in total. The third-order valence-electron chi connectivity index (χ3n) is 4.55. The van der Waals surface area contributed by atoms with E-state index in [0.29, 0.717) is 6.42 Å². The molecule has 0 saturated carbocycles. The van der Waals surface area contributed by atoms with E-state index in [9.17, 15) is 4.79 Å².